The number of benzene rings is 2. The Morgan fingerprint density at radius 2 is 1.79 bits per heavy atom. The number of hydrogen-bond donors (Lipinski definition) is 2. The van der Waals surface area contributed by atoms with E-state index in [0.29, 0.717) is 12.5 Å². The molecule has 0 unspecified atom stereocenters. The van der Waals surface area contributed by atoms with Crippen molar-refractivity contribution in [1.29, 1.82) is 0 Å². The number of ether oxygens (including phenoxy) is 1. The van der Waals surface area contributed by atoms with Gasteiger partial charge in [0.1, 0.15) is 25.0 Å². The van der Waals surface area contributed by atoms with Gasteiger partial charge in [0.05, 0.1) is 13.1 Å². The molecule has 1 heterocycles. The third kappa shape index (κ3) is 6.08. The monoisotopic (exact) mass is 382 g/mol. The molecule has 2 aromatic rings. The Morgan fingerprint density at radius 3 is 2.46 bits per heavy atom. The molecule has 2 N–H and O–H groups in total. The van der Waals surface area contributed by atoms with E-state index in [4.69, 9.17) is 4.74 Å². The fraction of sp³-hybridized carbons (Fsp3) is 0.520. The van der Waals surface area contributed by atoms with Crippen molar-refractivity contribution in [1.82, 2.24) is 0 Å². The molecule has 0 aromatic heterocycles. The smallest absolute Gasteiger partial charge is 0.137 e. The lowest BCUT2D eigenvalue weighted by atomic mass is 9.90. The molecule has 152 valence electrons. The van der Waals surface area contributed by atoms with E-state index < -0.39 is 6.10 Å². The molecule has 1 saturated heterocycles. The predicted octanol–water partition coefficient (Wildman–Crippen LogP) is 3.40. The quantitative estimate of drug-likeness (QED) is 0.734. The van der Waals surface area contributed by atoms with Gasteiger partial charge in [-0.1, -0.05) is 56.3 Å². The lowest BCUT2D eigenvalue weighted by Gasteiger charge is -2.30. The first kappa shape index (κ1) is 20.9. The van der Waals surface area contributed by atoms with E-state index in [1.54, 1.807) is 0 Å². The first-order valence-electron chi connectivity index (χ1n) is 10.8. The van der Waals surface area contributed by atoms with E-state index in [1.165, 1.54) is 40.9 Å². The number of likely N-dealkylation sites (tertiary alicyclic amines) is 1. The molecule has 1 aliphatic heterocycles. The lowest BCUT2D eigenvalue weighted by molar-refractivity contribution is -0.909. The van der Waals surface area contributed by atoms with Gasteiger partial charge in [-0.05, 0) is 60.8 Å². The summed E-state index contributed by atoms with van der Waals surface area (Å²) in [6.45, 7) is 9.89. The maximum atomic E-state index is 10.5. The van der Waals surface area contributed by atoms with E-state index in [9.17, 15) is 5.11 Å². The summed E-state index contributed by atoms with van der Waals surface area (Å²) in [5.74, 6) is 2.12. The average molecular weight is 383 g/mol. The molecule has 3 nitrogen and oxygen atoms in total. The van der Waals surface area contributed by atoms with Crippen LogP contribution in [0.5, 0.6) is 5.75 Å². The van der Waals surface area contributed by atoms with Crippen LogP contribution in [0.25, 0.3) is 0 Å². The Labute approximate surface area is 170 Å². The van der Waals surface area contributed by atoms with E-state index in [-0.39, 0.29) is 0 Å². The van der Waals surface area contributed by atoms with Crippen LogP contribution in [0.1, 0.15) is 49.3 Å². The summed E-state index contributed by atoms with van der Waals surface area (Å²) in [5, 5.41) is 10.5. The van der Waals surface area contributed by atoms with Crippen molar-refractivity contribution in [2.24, 2.45) is 5.92 Å². The highest BCUT2D eigenvalue weighted by molar-refractivity contribution is 5.39. The summed E-state index contributed by atoms with van der Waals surface area (Å²) in [5.41, 5.74) is 3.86. The molecule has 1 aliphatic rings. The highest BCUT2D eigenvalue weighted by Gasteiger charge is 2.24. The van der Waals surface area contributed by atoms with Crippen LogP contribution in [0.2, 0.25) is 0 Å². The molecule has 0 spiro atoms. The summed E-state index contributed by atoms with van der Waals surface area (Å²) in [6.07, 6.45) is 3.26. The van der Waals surface area contributed by atoms with Gasteiger partial charge in [-0.25, -0.2) is 0 Å². The van der Waals surface area contributed by atoms with Crippen molar-refractivity contribution in [2.45, 2.75) is 52.1 Å². The number of aryl methyl sites for hydroxylation is 1. The number of rotatable bonds is 8. The highest BCUT2D eigenvalue weighted by atomic mass is 16.5. The van der Waals surface area contributed by atoms with E-state index in [2.05, 4.69) is 69.3 Å². The minimum atomic E-state index is -0.416. The number of nitrogens with one attached hydrogen (secondary N) is 1. The molecular weight excluding hydrogens is 346 g/mol. The SMILES string of the molecule is Cc1ccc(C(C)C)c(OC[C@H](O)C[NH+]2CCC(Cc3ccccc3)CC2)c1. The maximum absolute atomic E-state index is 10.5. The zero-order chi connectivity index (χ0) is 19.9. The first-order chi connectivity index (χ1) is 13.5. The van der Waals surface area contributed by atoms with E-state index >= 15 is 0 Å². The molecule has 2 aromatic carbocycles. The van der Waals surface area contributed by atoms with Crippen LogP contribution in [0.3, 0.4) is 0 Å². The largest absolute Gasteiger partial charge is 0.490 e. The van der Waals surface area contributed by atoms with Crippen LogP contribution in [-0.2, 0) is 6.42 Å². The van der Waals surface area contributed by atoms with Gasteiger partial charge in [0, 0.05) is 0 Å². The summed E-state index contributed by atoms with van der Waals surface area (Å²) in [7, 11) is 0. The van der Waals surface area contributed by atoms with Crippen LogP contribution in [-0.4, -0.2) is 37.5 Å². The summed E-state index contributed by atoms with van der Waals surface area (Å²) in [6, 6.07) is 17.2. The number of piperidine rings is 1. The van der Waals surface area contributed by atoms with Gasteiger partial charge in [0.2, 0.25) is 0 Å². The van der Waals surface area contributed by atoms with Crippen molar-refractivity contribution in [3.63, 3.8) is 0 Å². The third-order valence-corrected chi connectivity index (χ3v) is 5.93. The van der Waals surface area contributed by atoms with Gasteiger partial charge in [-0.2, -0.15) is 0 Å². The van der Waals surface area contributed by atoms with Crippen LogP contribution in [0.15, 0.2) is 48.5 Å². The first-order valence-corrected chi connectivity index (χ1v) is 10.8. The Kier molecular flexibility index (Phi) is 7.52. The van der Waals surface area contributed by atoms with Gasteiger partial charge < -0.3 is 14.7 Å². The Balaban J connectivity index is 1.43. The van der Waals surface area contributed by atoms with Crippen molar-refractivity contribution in [3.05, 3.63) is 65.2 Å². The van der Waals surface area contributed by atoms with Gasteiger partial charge in [0.25, 0.3) is 0 Å². The Bertz CT molecular complexity index is 721. The minimum Gasteiger partial charge on any atom is -0.490 e. The van der Waals surface area contributed by atoms with Crippen LogP contribution in [0.4, 0.5) is 0 Å². The van der Waals surface area contributed by atoms with Crippen molar-refractivity contribution in [2.75, 3.05) is 26.2 Å². The van der Waals surface area contributed by atoms with Crippen molar-refractivity contribution >= 4 is 0 Å². The van der Waals surface area contributed by atoms with Crippen LogP contribution < -0.4 is 9.64 Å². The summed E-state index contributed by atoms with van der Waals surface area (Å²) in [4.78, 5) is 1.51. The normalized spacial score (nSPS) is 20.9. The van der Waals surface area contributed by atoms with Gasteiger partial charge in [0.15, 0.2) is 0 Å². The molecule has 1 fully saturated rings. The molecule has 1 atom stereocenters. The minimum absolute atomic E-state index is 0.375. The topological polar surface area (TPSA) is 33.9 Å². The maximum Gasteiger partial charge on any atom is 0.137 e. The molecular formula is C25H36NO2+. The summed E-state index contributed by atoms with van der Waals surface area (Å²) < 4.78 is 6.02. The molecule has 0 bridgehead atoms. The van der Waals surface area contributed by atoms with Gasteiger partial charge in [-0.15, -0.1) is 0 Å². The molecule has 0 radical (unpaired) electrons. The zero-order valence-corrected chi connectivity index (χ0v) is 17.7. The third-order valence-electron chi connectivity index (χ3n) is 5.93. The average Bonchev–Trinajstić information content (AvgIpc) is 2.68. The number of aliphatic hydroxyl groups is 1. The standard InChI is InChI=1S/C25H35NO2/c1-19(2)24-10-9-20(3)15-25(24)28-18-23(27)17-26-13-11-22(12-14-26)16-21-7-5-4-6-8-21/h4-10,15,19,22-23,27H,11-14,16-18H2,1-3H3/p+1/t23-/m1/s1. The molecule has 0 amide bonds. The van der Waals surface area contributed by atoms with Crippen molar-refractivity contribution < 1.29 is 14.7 Å². The molecule has 0 saturated carbocycles. The highest BCUT2D eigenvalue weighted by Crippen LogP contribution is 2.27. The van der Waals surface area contributed by atoms with E-state index in [0.717, 1.165) is 31.3 Å². The second-order valence-corrected chi connectivity index (χ2v) is 8.75. The fourth-order valence-corrected chi connectivity index (χ4v) is 4.26. The Morgan fingerprint density at radius 1 is 1.07 bits per heavy atom. The van der Waals surface area contributed by atoms with Gasteiger partial charge in [-0.3, -0.25) is 0 Å². The lowest BCUT2D eigenvalue weighted by Crippen LogP contribution is -3.14. The zero-order valence-electron chi connectivity index (χ0n) is 17.7. The molecule has 28 heavy (non-hydrogen) atoms. The molecule has 0 aliphatic carbocycles. The van der Waals surface area contributed by atoms with Crippen molar-refractivity contribution in [3.8, 4) is 5.75 Å². The summed E-state index contributed by atoms with van der Waals surface area (Å²) >= 11 is 0. The number of quaternary nitrogens is 1. The predicted molar refractivity (Wildman–Crippen MR) is 115 cm³/mol. The van der Waals surface area contributed by atoms with Crippen LogP contribution >= 0.6 is 0 Å². The van der Waals surface area contributed by atoms with Crippen LogP contribution in [0, 0.1) is 12.8 Å². The van der Waals surface area contributed by atoms with Gasteiger partial charge >= 0.3 is 0 Å². The fourth-order valence-electron chi connectivity index (χ4n) is 4.26. The second kappa shape index (κ2) is 10.1. The Hall–Kier alpha value is -1.84. The number of aliphatic hydroxyl groups excluding tert-OH is 1. The second-order valence-electron chi connectivity index (χ2n) is 8.75. The molecule has 3 rings (SSSR count). The molecule has 3 heteroatoms. The van der Waals surface area contributed by atoms with E-state index in [1.807, 2.05) is 0 Å². The number of hydrogen-bond acceptors (Lipinski definition) is 2.